The Balaban J connectivity index is 1.61. The predicted molar refractivity (Wildman–Crippen MR) is 110 cm³/mol. The quantitative estimate of drug-likeness (QED) is 0.785. The van der Waals surface area contributed by atoms with Crippen molar-refractivity contribution >= 4 is 34.8 Å². The van der Waals surface area contributed by atoms with E-state index in [0.717, 1.165) is 17.7 Å². The van der Waals surface area contributed by atoms with E-state index in [-0.39, 0.29) is 30.2 Å². The van der Waals surface area contributed by atoms with Crippen molar-refractivity contribution in [2.75, 3.05) is 23.5 Å². The second-order valence-corrected chi connectivity index (χ2v) is 7.98. The maximum absolute atomic E-state index is 13.3. The van der Waals surface area contributed by atoms with Crippen LogP contribution in [0.25, 0.3) is 0 Å². The van der Waals surface area contributed by atoms with E-state index in [9.17, 15) is 9.59 Å². The van der Waals surface area contributed by atoms with Gasteiger partial charge >= 0.3 is 0 Å². The van der Waals surface area contributed by atoms with Crippen molar-refractivity contribution in [2.24, 2.45) is 5.92 Å². The van der Waals surface area contributed by atoms with E-state index in [1.54, 1.807) is 18.1 Å². The Morgan fingerprint density at radius 3 is 2.68 bits per heavy atom. The van der Waals surface area contributed by atoms with Gasteiger partial charge in [0.1, 0.15) is 5.75 Å². The van der Waals surface area contributed by atoms with E-state index in [1.807, 2.05) is 36.1 Å². The Morgan fingerprint density at radius 1 is 1.18 bits per heavy atom. The summed E-state index contributed by atoms with van der Waals surface area (Å²) in [6.07, 6.45) is 1.05. The van der Waals surface area contributed by atoms with Crippen LogP contribution in [-0.4, -0.2) is 31.5 Å². The van der Waals surface area contributed by atoms with Crippen molar-refractivity contribution in [3.8, 4) is 5.75 Å². The lowest BCUT2D eigenvalue weighted by molar-refractivity contribution is -0.124. The fraction of sp³-hybridized carbons (Fsp3) is 0.364. The molecule has 2 aromatic rings. The summed E-state index contributed by atoms with van der Waals surface area (Å²) in [5, 5.41) is 0.586. The molecule has 0 aromatic heterocycles. The summed E-state index contributed by atoms with van der Waals surface area (Å²) in [5.74, 6) is 0.107. The highest BCUT2D eigenvalue weighted by molar-refractivity contribution is 6.31. The maximum Gasteiger partial charge on any atom is 0.232 e. The molecule has 0 bridgehead atoms. The molecule has 28 heavy (non-hydrogen) atoms. The fourth-order valence-corrected chi connectivity index (χ4v) is 4.38. The Kier molecular flexibility index (Phi) is 4.79. The zero-order chi connectivity index (χ0) is 20.0. The van der Waals surface area contributed by atoms with E-state index in [1.165, 1.54) is 5.56 Å². The van der Waals surface area contributed by atoms with Gasteiger partial charge in [-0.1, -0.05) is 29.8 Å². The molecule has 0 radical (unpaired) electrons. The van der Waals surface area contributed by atoms with Crippen molar-refractivity contribution in [3.63, 3.8) is 0 Å². The number of aryl methyl sites for hydroxylation is 1. The van der Waals surface area contributed by atoms with Gasteiger partial charge < -0.3 is 14.5 Å². The van der Waals surface area contributed by atoms with E-state index < -0.39 is 0 Å². The highest BCUT2D eigenvalue weighted by atomic mass is 35.5. The lowest BCUT2D eigenvalue weighted by Gasteiger charge is -2.26. The van der Waals surface area contributed by atoms with Gasteiger partial charge in [-0.15, -0.1) is 0 Å². The number of anilines is 2. The van der Waals surface area contributed by atoms with Crippen molar-refractivity contribution in [3.05, 3.63) is 52.5 Å². The number of hydrogen-bond donors (Lipinski definition) is 0. The third-order valence-corrected chi connectivity index (χ3v) is 6.08. The van der Waals surface area contributed by atoms with Crippen LogP contribution in [0.2, 0.25) is 5.02 Å². The summed E-state index contributed by atoms with van der Waals surface area (Å²) in [5.41, 5.74) is 3.67. The lowest BCUT2D eigenvalue weighted by Crippen LogP contribution is -2.41. The normalized spacial score (nSPS) is 21.2. The van der Waals surface area contributed by atoms with Crippen LogP contribution in [0.5, 0.6) is 5.75 Å². The minimum atomic E-state index is -0.373. The molecule has 0 spiro atoms. The number of fused-ring (bicyclic) bond motifs is 1. The molecule has 6 heteroatoms. The molecule has 1 saturated heterocycles. The molecule has 2 aliphatic heterocycles. The number of amides is 2. The Hall–Kier alpha value is -2.53. The highest BCUT2D eigenvalue weighted by Gasteiger charge is 2.41. The second kappa shape index (κ2) is 7.13. The van der Waals surface area contributed by atoms with Crippen LogP contribution in [-0.2, 0) is 16.0 Å². The number of para-hydroxylation sites is 1. The Bertz CT molecular complexity index is 959. The van der Waals surface area contributed by atoms with Crippen LogP contribution >= 0.6 is 11.6 Å². The molecule has 5 nitrogen and oxygen atoms in total. The summed E-state index contributed by atoms with van der Waals surface area (Å²) in [4.78, 5) is 29.6. The van der Waals surface area contributed by atoms with Crippen LogP contribution in [0.1, 0.15) is 24.5 Å². The van der Waals surface area contributed by atoms with E-state index in [0.29, 0.717) is 23.0 Å². The molecule has 0 aliphatic carbocycles. The van der Waals surface area contributed by atoms with Gasteiger partial charge in [0.05, 0.1) is 18.7 Å². The standard InChI is InChI=1S/C22H23ClN2O3/c1-13-8-19(20(28-3)11-17(13)23)24-12-16(10-21(24)26)22(27)25-14(2)9-15-6-4-5-7-18(15)25/h4-8,11,14,16H,9-10,12H2,1-3H3. The van der Waals surface area contributed by atoms with Crippen LogP contribution < -0.4 is 14.5 Å². The molecular weight excluding hydrogens is 376 g/mol. The zero-order valence-electron chi connectivity index (χ0n) is 16.2. The molecule has 0 saturated carbocycles. The van der Waals surface area contributed by atoms with Gasteiger partial charge in [-0.3, -0.25) is 9.59 Å². The minimum absolute atomic E-state index is 0.0120. The molecule has 1 fully saturated rings. The number of rotatable bonds is 3. The number of carbonyl (C=O) groups excluding carboxylic acids is 2. The summed E-state index contributed by atoms with van der Waals surface area (Å²) < 4.78 is 5.43. The first kappa shape index (κ1) is 18.8. The van der Waals surface area contributed by atoms with Gasteiger partial charge in [0.25, 0.3) is 0 Å². The molecule has 2 atom stereocenters. The average molecular weight is 399 g/mol. The smallest absolute Gasteiger partial charge is 0.232 e. The summed E-state index contributed by atoms with van der Waals surface area (Å²) in [6.45, 7) is 4.29. The monoisotopic (exact) mass is 398 g/mol. The van der Waals surface area contributed by atoms with Crippen LogP contribution in [0, 0.1) is 12.8 Å². The van der Waals surface area contributed by atoms with Crippen LogP contribution in [0.4, 0.5) is 11.4 Å². The summed E-state index contributed by atoms with van der Waals surface area (Å²) >= 11 is 6.19. The molecule has 2 heterocycles. The van der Waals surface area contributed by atoms with Gasteiger partial charge in [-0.25, -0.2) is 0 Å². The number of carbonyl (C=O) groups is 2. The number of hydrogen-bond acceptors (Lipinski definition) is 3. The van der Waals surface area contributed by atoms with Crippen LogP contribution in [0.15, 0.2) is 36.4 Å². The van der Waals surface area contributed by atoms with Crippen molar-refractivity contribution < 1.29 is 14.3 Å². The van der Waals surface area contributed by atoms with Gasteiger partial charge in [0.2, 0.25) is 11.8 Å². The predicted octanol–water partition coefficient (Wildman–Crippen LogP) is 3.99. The first-order chi connectivity index (χ1) is 13.4. The number of halogens is 1. The first-order valence-corrected chi connectivity index (χ1v) is 9.84. The highest BCUT2D eigenvalue weighted by Crippen LogP contribution is 2.39. The molecule has 2 amide bonds. The van der Waals surface area contributed by atoms with E-state index >= 15 is 0 Å². The number of methoxy groups -OCH3 is 1. The number of benzene rings is 2. The minimum Gasteiger partial charge on any atom is -0.495 e. The first-order valence-electron chi connectivity index (χ1n) is 9.46. The maximum atomic E-state index is 13.3. The fourth-order valence-electron chi connectivity index (χ4n) is 4.23. The van der Waals surface area contributed by atoms with E-state index in [4.69, 9.17) is 16.3 Å². The largest absolute Gasteiger partial charge is 0.495 e. The third-order valence-electron chi connectivity index (χ3n) is 5.67. The van der Waals surface area contributed by atoms with Gasteiger partial charge in [0, 0.05) is 35.8 Å². The summed E-state index contributed by atoms with van der Waals surface area (Å²) in [7, 11) is 1.55. The SMILES string of the molecule is COc1cc(Cl)c(C)cc1N1CC(C(=O)N2c3ccccc3CC2C)CC1=O. The van der Waals surface area contributed by atoms with Crippen molar-refractivity contribution in [1.82, 2.24) is 0 Å². The molecule has 4 rings (SSSR count). The summed E-state index contributed by atoms with van der Waals surface area (Å²) in [6, 6.07) is 11.7. The molecule has 0 N–H and O–H groups in total. The number of nitrogens with zero attached hydrogens (tertiary/aromatic N) is 2. The molecule has 2 unspecified atom stereocenters. The van der Waals surface area contributed by atoms with Gasteiger partial charge in [0.15, 0.2) is 0 Å². The molecule has 2 aromatic carbocycles. The Labute approximate surface area is 169 Å². The topological polar surface area (TPSA) is 49.9 Å². The molecule has 146 valence electrons. The van der Waals surface area contributed by atoms with Gasteiger partial charge in [-0.2, -0.15) is 0 Å². The van der Waals surface area contributed by atoms with Crippen LogP contribution in [0.3, 0.4) is 0 Å². The van der Waals surface area contributed by atoms with Crippen molar-refractivity contribution in [1.29, 1.82) is 0 Å². The third kappa shape index (κ3) is 3.04. The Morgan fingerprint density at radius 2 is 1.93 bits per heavy atom. The molecule has 2 aliphatic rings. The zero-order valence-corrected chi connectivity index (χ0v) is 17.0. The number of ether oxygens (including phenoxy) is 1. The average Bonchev–Trinajstić information content (AvgIpc) is 3.22. The van der Waals surface area contributed by atoms with E-state index in [2.05, 4.69) is 13.0 Å². The second-order valence-electron chi connectivity index (χ2n) is 7.57. The van der Waals surface area contributed by atoms with Crippen molar-refractivity contribution in [2.45, 2.75) is 32.7 Å². The lowest BCUT2D eigenvalue weighted by atomic mass is 10.1. The molecular formula is C22H23ClN2O3. The van der Waals surface area contributed by atoms with Gasteiger partial charge in [-0.05, 0) is 43.5 Å².